The molecular weight excluding hydrogens is 310 g/mol. The third-order valence-electron chi connectivity index (χ3n) is 3.85. The van der Waals surface area contributed by atoms with Gasteiger partial charge in [0.05, 0.1) is 0 Å². The zero-order chi connectivity index (χ0) is 17.5. The Labute approximate surface area is 140 Å². The molecule has 7 nitrogen and oxygen atoms in total. The number of anilines is 1. The van der Waals surface area contributed by atoms with Crippen LogP contribution in [0.25, 0.3) is 0 Å². The van der Waals surface area contributed by atoms with E-state index < -0.39 is 18.5 Å². The second kappa shape index (κ2) is 8.24. The van der Waals surface area contributed by atoms with Crippen molar-refractivity contribution in [3.63, 3.8) is 0 Å². The summed E-state index contributed by atoms with van der Waals surface area (Å²) in [6.45, 7) is 3.76. The summed E-state index contributed by atoms with van der Waals surface area (Å²) >= 11 is 0. The van der Waals surface area contributed by atoms with E-state index in [0.29, 0.717) is 5.92 Å². The Morgan fingerprint density at radius 1 is 1.33 bits per heavy atom. The minimum atomic E-state index is -0.694. The molecule has 1 atom stereocenters. The van der Waals surface area contributed by atoms with Crippen LogP contribution in [0.15, 0.2) is 29.4 Å². The van der Waals surface area contributed by atoms with Crippen LogP contribution in [0, 0.1) is 0 Å². The van der Waals surface area contributed by atoms with Crippen LogP contribution in [0.4, 0.5) is 5.69 Å². The van der Waals surface area contributed by atoms with Gasteiger partial charge in [-0.2, -0.15) is 5.10 Å². The van der Waals surface area contributed by atoms with Crippen molar-refractivity contribution in [2.75, 3.05) is 11.9 Å². The highest BCUT2D eigenvalue weighted by Gasteiger charge is 2.20. The first-order chi connectivity index (χ1) is 11.5. The molecule has 24 heavy (non-hydrogen) atoms. The number of hydrogen-bond donors (Lipinski definition) is 2. The largest absolute Gasteiger partial charge is 0.451 e. The van der Waals surface area contributed by atoms with E-state index in [-0.39, 0.29) is 24.5 Å². The first-order valence-electron chi connectivity index (χ1n) is 7.92. The molecule has 2 amide bonds. The van der Waals surface area contributed by atoms with Crippen molar-refractivity contribution in [2.45, 2.75) is 39.0 Å². The van der Waals surface area contributed by atoms with E-state index in [2.05, 4.69) is 29.7 Å². The maximum atomic E-state index is 12.0. The van der Waals surface area contributed by atoms with Gasteiger partial charge in [0, 0.05) is 18.5 Å². The number of para-hydroxylation sites is 1. The molecule has 0 saturated heterocycles. The van der Waals surface area contributed by atoms with Gasteiger partial charge < -0.3 is 10.1 Å². The fourth-order valence-corrected chi connectivity index (χ4v) is 2.28. The molecule has 7 heteroatoms. The average Bonchev–Trinajstić information content (AvgIpc) is 2.60. The average molecular weight is 331 g/mol. The molecule has 1 aliphatic heterocycles. The lowest BCUT2D eigenvalue weighted by Gasteiger charge is -2.16. The van der Waals surface area contributed by atoms with Gasteiger partial charge in [0.2, 0.25) is 5.91 Å². The van der Waals surface area contributed by atoms with Gasteiger partial charge in [-0.1, -0.05) is 32.0 Å². The summed E-state index contributed by atoms with van der Waals surface area (Å²) in [5.41, 5.74) is 4.09. The number of rotatable bonds is 6. The Morgan fingerprint density at radius 3 is 2.75 bits per heavy atom. The number of amides is 2. The van der Waals surface area contributed by atoms with Crippen LogP contribution in [0.2, 0.25) is 0 Å². The fourth-order valence-electron chi connectivity index (χ4n) is 2.28. The van der Waals surface area contributed by atoms with Gasteiger partial charge in [0.15, 0.2) is 6.61 Å². The number of nitrogens with one attached hydrogen (secondary N) is 2. The van der Waals surface area contributed by atoms with Crippen molar-refractivity contribution in [2.24, 2.45) is 5.10 Å². The minimum Gasteiger partial charge on any atom is -0.451 e. The minimum absolute atomic E-state index is 0.113. The van der Waals surface area contributed by atoms with E-state index in [1.165, 1.54) is 0 Å². The highest BCUT2D eigenvalue weighted by Crippen LogP contribution is 2.26. The molecule has 0 aromatic heterocycles. The van der Waals surface area contributed by atoms with Gasteiger partial charge >= 0.3 is 5.97 Å². The number of hydrogen-bond acceptors (Lipinski definition) is 5. The quantitative estimate of drug-likeness (QED) is 0.779. The smallest absolute Gasteiger partial charge is 0.355 e. The van der Waals surface area contributed by atoms with Gasteiger partial charge in [-0.3, -0.25) is 9.59 Å². The monoisotopic (exact) mass is 331 g/mol. The molecule has 0 aliphatic carbocycles. The number of carbonyl (C=O) groups is 3. The van der Waals surface area contributed by atoms with Crippen LogP contribution in [-0.2, 0) is 19.1 Å². The van der Waals surface area contributed by atoms with Gasteiger partial charge in [0.1, 0.15) is 5.71 Å². The lowest BCUT2D eigenvalue weighted by molar-refractivity contribution is -0.140. The van der Waals surface area contributed by atoms with Crippen LogP contribution in [0.3, 0.4) is 0 Å². The predicted molar refractivity (Wildman–Crippen MR) is 89.5 cm³/mol. The van der Waals surface area contributed by atoms with Crippen molar-refractivity contribution in [3.8, 4) is 0 Å². The lowest BCUT2D eigenvalue weighted by Crippen LogP contribution is -2.32. The third-order valence-corrected chi connectivity index (χ3v) is 3.85. The molecule has 1 heterocycles. The summed E-state index contributed by atoms with van der Waals surface area (Å²) in [6.07, 6.45) is 1.35. The van der Waals surface area contributed by atoms with Gasteiger partial charge in [-0.25, -0.2) is 10.2 Å². The second-order valence-electron chi connectivity index (χ2n) is 5.61. The fraction of sp³-hybridized carbons (Fsp3) is 0.412. The van der Waals surface area contributed by atoms with Crippen LogP contribution < -0.4 is 10.7 Å². The molecule has 1 aromatic carbocycles. The number of hydrazone groups is 1. The molecule has 0 radical (unpaired) electrons. The number of benzene rings is 1. The molecule has 1 aliphatic rings. The van der Waals surface area contributed by atoms with Gasteiger partial charge in [-0.15, -0.1) is 0 Å². The zero-order valence-corrected chi connectivity index (χ0v) is 13.8. The zero-order valence-electron chi connectivity index (χ0n) is 13.8. The van der Waals surface area contributed by atoms with Crippen molar-refractivity contribution >= 4 is 29.2 Å². The van der Waals surface area contributed by atoms with Crippen LogP contribution in [-0.4, -0.2) is 30.1 Å². The topological polar surface area (TPSA) is 96.9 Å². The Balaban J connectivity index is 1.90. The van der Waals surface area contributed by atoms with Crippen molar-refractivity contribution in [1.82, 2.24) is 5.43 Å². The third kappa shape index (κ3) is 4.65. The highest BCUT2D eigenvalue weighted by molar-refractivity contribution is 6.37. The van der Waals surface area contributed by atoms with Crippen molar-refractivity contribution in [3.05, 3.63) is 29.8 Å². The van der Waals surface area contributed by atoms with E-state index in [1.807, 2.05) is 24.3 Å². The number of nitrogens with zero attached hydrogens (tertiary/aromatic N) is 1. The predicted octanol–water partition coefficient (Wildman–Crippen LogP) is 1.95. The van der Waals surface area contributed by atoms with Gasteiger partial charge in [0.25, 0.3) is 5.91 Å². The molecule has 0 saturated carbocycles. The lowest BCUT2D eigenvalue weighted by atomic mass is 9.97. The van der Waals surface area contributed by atoms with E-state index in [9.17, 15) is 14.4 Å². The molecule has 128 valence electrons. The summed E-state index contributed by atoms with van der Waals surface area (Å²) in [6, 6.07) is 7.55. The standard InChI is InChI=1S/C17H21N3O4/c1-3-11(2)12-6-4-5-7-13(12)18-16(22)10-24-17(23)14-8-9-15(21)20-19-14/h4-7,11H,3,8-10H2,1-2H3,(H,18,22)(H,20,21)/t11-/m0/s1. The van der Waals surface area contributed by atoms with Crippen LogP contribution in [0.1, 0.15) is 44.6 Å². The van der Waals surface area contributed by atoms with Crippen molar-refractivity contribution in [1.29, 1.82) is 0 Å². The van der Waals surface area contributed by atoms with E-state index in [4.69, 9.17) is 4.74 Å². The SMILES string of the molecule is CC[C@H](C)c1ccccc1NC(=O)COC(=O)C1=NNC(=O)CC1. The highest BCUT2D eigenvalue weighted by atomic mass is 16.5. The molecular formula is C17H21N3O4. The first kappa shape index (κ1) is 17.7. The number of carbonyl (C=O) groups excluding carboxylic acids is 3. The first-order valence-corrected chi connectivity index (χ1v) is 7.92. The Kier molecular flexibility index (Phi) is 6.06. The maximum Gasteiger partial charge on any atom is 0.355 e. The van der Waals surface area contributed by atoms with Gasteiger partial charge in [-0.05, 0) is 24.0 Å². The van der Waals surface area contributed by atoms with Crippen molar-refractivity contribution < 1.29 is 19.1 Å². The molecule has 2 N–H and O–H groups in total. The molecule has 2 rings (SSSR count). The molecule has 1 aromatic rings. The van der Waals surface area contributed by atoms with E-state index in [0.717, 1.165) is 17.7 Å². The van der Waals surface area contributed by atoms with E-state index >= 15 is 0 Å². The summed E-state index contributed by atoms with van der Waals surface area (Å²) < 4.78 is 4.94. The molecule has 0 spiro atoms. The Morgan fingerprint density at radius 2 is 2.08 bits per heavy atom. The number of esters is 1. The van der Waals surface area contributed by atoms with Crippen LogP contribution in [0.5, 0.6) is 0 Å². The normalized spacial score (nSPS) is 15.1. The summed E-state index contributed by atoms with van der Waals surface area (Å²) in [7, 11) is 0. The Hall–Kier alpha value is -2.70. The van der Waals surface area contributed by atoms with E-state index in [1.54, 1.807) is 0 Å². The molecule has 0 unspecified atom stereocenters. The maximum absolute atomic E-state index is 12.0. The van der Waals surface area contributed by atoms with Crippen LogP contribution >= 0.6 is 0 Å². The summed E-state index contributed by atoms with van der Waals surface area (Å²) in [5.74, 6) is -1.05. The Bertz CT molecular complexity index is 670. The number of ether oxygens (including phenoxy) is 1. The summed E-state index contributed by atoms with van der Waals surface area (Å²) in [4.78, 5) is 34.8. The summed E-state index contributed by atoms with van der Waals surface area (Å²) in [5, 5.41) is 6.40. The second-order valence-corrected chi connectivity index (χ2v) is 5.61. The molecule has 0 fully saturated rings. The molecule has 0 bridgehead atoms.